The highest BCUT2D eigenvalue weighted by Crippen LogP contribution is 2.38. The van der Waals surface area contributed by atoms with Gasteiger partial charge in [0.05, 0.1) is 41.1 Å². The molecule has 1 saturated carbocycles. The molecule has 1 atom stereocenters. The van der Waals surface area contributed by atoms with Gasteiger partial charge in [-0.25, -0.2) is 19.2 Å². The number of carbonyl (C=O) groups excluding carboxylic acids is 3. The van der Waals surface area contributed by atoms with Crippen molar-refractivity contribution in [3.8, 4) is 5.75 Å². The summed E-state index contributed by atoms with van der Waals surface area (Å²) >= 11 is 0. The fraction of sp³-hybridized carbons (Fsp3) is 0.462. The van der Waals surface area contributed by atoms with Crippen LogP contribution in [0.2, 0.25) is 0 Å². The van der Waals surface area contributed by atoms with E-state index in [0.717, 1.165) is 72.8 Å². The molecule has 0 spiro atoms. The number of alkyl halides is 1. The normalized spacial score (nSPS) is 21.3. The number of piperidine rings is 1. The molecule has 2 N–H and O–H groups in total. The van der Waals surface area contributed by atoms with E-state index in [2.05, 4.69) is 31.6 Å². The van der Waals surface area contributed by atoms with Gasteiger partial charge in [0.2, 0.25) is 17.6 Å². The topological polar surface area (TPSA) is 158 Å². The lowest BCUT2D eigenvalue weighted by Gasteiger charge is -2.43. The Morgan fingerprint density at radius 2 is 1.85 bits per heavy atom. The van der Waals surface area contributed by atoms with E-state index < -0.39 is 23.5 Å². The Bertz CT molecular complexity index is 2340. The molecule has 3 aromatic heterocycles. The number of fused-ring (bicyclic) bond motifs is 2. The second-order valence-corrected chi connectivity index (χ2v) is 15.4. The number of benzene rings is 2. The van der Waals surface area contributed by atoms with E-state index in [1.165, 1.54) is 33.2 Å². The average Bonchev–Trinajstić information content (AvgIpc) is 3.66. The van der Waals surface area contributed by atoms with Crippen LogP contribution in [0.15, 0.2) is 53.6 Å². The van der Waals surface area contributed by atoms with Crippen molar-refractivity contribution < 1.29 is 23.5 Å². The van der Waals surface area contributed by atoms with Gasteiger partial charge in [-0.05, 0) is 75.6 Å². The number of imide groups is 1. The minimum atomic E-state index is -1.71. The molecule has 54 heavy (non-hydrogen) atoms. The number of methoxy groups -OCH3 is 1. The van der Waals surface area contributed by atoms with E-state index in [9.17, 15) is 23.6 Å². The van der Waals surface area contributed by atoms with Gasteiger partial charge < -0.3 is 15.0 Å². The molecule has 5 aromatic rings. The summed E-state index contributed by atoms with van der Waals surface area (Å²) in [5.41, 5.74) is 2.09. The fourth-order valence-corrected chi connectivity index (χ4v) is 8.40. The number of aromatic nitrogens is 6. The maximum absolute atomic E-state index is 14.5. The van der Waals surface area contributed by atoms with Crippen molar-refractivity contribution in [2.45, 2.75) is 76.0 Å². The van der Waals surface area contributed by atoms with Crippen LogP contribution in [0, 0.1) is 5.92 Å². The number of nitrogens with one attached hydrogen (secondary N) is 2. The predicted octanol–water partition coefficient (Wildman–Crippen LogP) is 4.75. The summed E-state index contributed by atoms with van der Waals surface area (Å²) in [7, 11) is 3.29. The maximum atomic E-state index is 14.5. The van der Waals surface area contributed by atoms with Crippen molar-refractivity contribution in [2.75, 3.05) is 32.1 Å². The number of rotatable bonds is 9. The van der Waals surface area contributed by atoms with Crippen molar-refractivity contribution in [3.05, 3.63) is 76.4 Å². The Morgan fingerprint density at radius 3 is 2.57 bits per heavy atom. The molecule has 14 nitrogen and oxygen atoms in total. The molecule has 1 aliphatic carbocycles. The first kappa shape index (κ1) is 35.6. The van der Waals surface area contributed by atoms with Gasteiger partial charge in [-0.1, -0.05) is 12.1 Å². The monoisotopic (exact) mass is 737 g/mol. The molecule has 0 radical (unpaired) electrons. The number of imidazole rings is 1. The van der Waals surface area contributed by atoms with Crippen molar-refractivity contribution in [2.24, 2.45) is 13.0 Å². The largest absolute Gasteiger partial charge is 0.494 e. The van der Waals surface area contributed by atoms with Crippen LogP contribution in [0.4, 0.5) is 10.1 Å². The molecular weight excluding hydrogens is 693 g/mol. The summed E-state index contributed by atoms with van der Waals surface area (Å²) in [6.45, 7) is 5.60. The van der Waals surface area contributed by atoms with Crippen LogP contribution >= 0.6 is 0 Å². The molecule has 3 aliphatic rings. The third-order valence-corrected chi connectivity index (χ3v) is 11.3. The summed E-state index contributed by atoms with van der Waals surface area (Å²) in [4.78, 5) is 61.5. The lowest BCUT2D eigenvalue weighted by Crippen LogP contribution is -2.47. The molecule has 2 aromatic carbocycles. The number of aryl methyl sites for hydroxylation is 1. The molecule has 3 amide bonds. The lowest BCUT2D eigenvalue weighted by atomic mass is 9.83. The summed E-state index contributed by atoms with van der Waals surface area (Å²) in [5, 5.41) is 10.9. The van der Waals surface area contributed by atoms with Crippen LogP contribution in [0.1, 0.15) is 92.3 Å². The summed E-state index contributed by atoms with van der Waals surface area (Å²) in [5.74, 6) is -0.111. The average molecular weight is 738 g/mol. The minimum Gasteiger partial charge on any atom is -0.494 e. The molecule has 5 heterocycles. The lowest BCUT2D eigenvalue weighted by molar-refractivity contribution is -0.135. The van der Waals surface area contributed by atoms with Crippen LogP contribution in [0.25, 0.3) is 21.9 Å². The van der Waals surface area contributed by atoms with Crippen molar-refractivity contribution >= 4 is 45.3 Å². The van der Waals surface area contributed by atoms with E-state index in [1.807, 2.05) is 29.1 Å². The molecule has 15 heteroatoms. The highest BCUT2D eigenvalue weighted by atomic mass is 19.1. The first-order valence-electron chi connectivity index (χ1n) is 18.5. The number of ether oxygens (including phenoxy) is 1. The van der Waals surface area contributed by atoms with E-state index in [0.29, 0.717) is 23.8 Å². The van der Waals surface area contributed by atoms with E-state index >= 15 is 0 Å². The van der Waals surface area contributed by atoms with Crippen LogP contribution < -0.4 is 21.1 Å². The van der Waals surface area contributed by atoms with Crippen molar-refractivity contribution in [1.82, 2.24) is 39.1 Å². The van der Waals surface area contributed by atoms with Gasteiger partial charge >= 0.3 is 5.69 Å². The quantitative estimate of drug-likeness (QED) is 0.204. The zero-order valence-electron chi connectivity index (χ0n) is 30.8. The Balaban J connectivity index is 0.888. The number of anilines is 1. The Hall–Kier alpha value is -5.44. The van der Waals surface area contributed by atoms with Gasteiger partial charge in [0.25, 0.3) is 5.91 Å². The van der Waals surface area contributed by atoms with Gasteiger partial charge in [0.1, 0.15) is 17.5 Å². The standard InChI is InChI=1S/C39H44FN9O5/c1-39(2,40)32-14-15-41-35(43-32)37(52)42-28-16-23-21-48(45-27(23)17-31(28)54-4)25-10-8-22(9-11-25)18-47-19-24(20-47)26-6-5-7-29-34(26)46(3)38(53)49(29)30-12-13-33(50)44-36(30)51/h5-7,14-17,21-22,24-25,30H,8-13,18-20H2,1-4H3,(H,42,52)(H,44,50,51). The zero-order chi connectivity index (χ0) is 37.9. The molecular formula is C39H44FN9O5. The van der Waals surface area contributed by atoms with Crippen molar-refractivity contribution in [3.63, 3.8) is 0 Å². The molecule has 2 saturated heterocycles. The summed E-state index contributed by atoms with van der Waals surface area (Å²) in [6.07, 6.45) is 8.09. The number of hydrogen-bond acceptors (Lipinski definition) is 9. The smallest absolute Gasteiger partial charge is 0.329 e. The van der Waals surface area contributed by atoms with E-state index in [4.69, 9.17) is 9.84 Å². The zero-order valence-corrected chi connectivity index (χ0v) is 30.8. The maximum Gasteiger partial charge on any atom is 0.329 e. The van der Waals surface area contributed by atoms with Gasteiger partial charge in [0, 0.05) is 62.9 Å². The predicted molar refractivity (Wildman–Crippen MR) is 199 cm³/mol. The number of nitrogens with zero attached hydrogens (tertiary/aromatic N) is 7. The van der Waals surface area contributed by atoms with Crippen molar-refractivity contribution in [1.29, 1.82) is 0 Å². The number of para-hydroxylation sites is 1. The highest BCUT2D eigenvalue weighted by Gasteiger charge is 2.36. The first-order chi connectivity index (χ1) is 25.9. The van der Waals surface area contributed by atoms with E-state index in [1.54, 1.807) is 22.2 Å². The number of halogens is 1. The number of carbonyl (C=O) groups is 3. The third kappa shape index (κ3) is 6.54. The first-order valence-corrected chi connectivity index (χ1v) is 18.5. The number of hydrogen-bond donors (Lipinski definition) is 2. The molecule has 1 unspecified atom stereocenters. The molecule has 0 bridgehead atoms. The Morgan fingerprint density at radius 1 is 1.07 bits per heavy atom. The molecule has 3 fully saturated rings. The van der Waals surface area contributed by atoms with Gasteiger partial charge in [-0.15, -0.1) is 0 Å². The fourth-order valence-electron chi connectivity index (χ4n) is 8.40. The van der Waals surface area contributed by atoms with Crippen LogP contribution in [-0.2, 0) is 22.3 Å². The number of amides is 3. The third-order valence-electron chi connectivity index (χ3n) is 11.3. The minimum absolute atomic E-state index is 0.124. The highest BCUT2D eigenvalue weighted by molar-refractivity contribution is 6.04. The molecule has 2 aliphatic heterocycles. The molecule has 8 rings (SSSR count). The van der Waals surface area contributed by atoms with Gasteiger partial charge in [0.15, 0.2) is 0 Å². The van der Waals surface area contributed by atoms with Gasteiger partial charge in [-0.2, -0.15) is 5.10 Å². The SMILES string of the molecule is COc1cc2nn(C3CCC(CN4CC(c5cccc6c5n(C)c(=O)n6C5CCC(=O)NC5=O)C4)CC3)cc2cc1NC(=O)c1nccc(C(C)(C)F)n1. The summed E-state index contributed by atoms with van der Waals surface area (Å²) < 4.78 is 25.3. The van der Waals surface area contributed by atoms with Crippen LogP contribution in [-0.4, -0.2) is 78.2 Å². The Labute approximate surface area is 310 Å². The number of likely N-dealkylation sites (tertiary alicyclic amines) is 1. The Kier molecular flexibility index (Phi) is 9.07. The summed E-state index contributed by atoms with van der Waals surface area (Å²) in [6, 6.07) is 10.6. The second kappa shape index (κ2) is 13.8. The van der Waals surface area contributed by atoms with Crippen LogP contribution in [0.5, 0.6) is 5.75 Å². The van der Waals surface area contributed by atoms with Gasteiger partial charge in [-0.3, -0.25) is 33.5 Å². The second-order valence-electron chi connectivity index (χ2n) is 15.4. The van der Waals surface area contributed by atoms with E-state index in [-0.39, 0.29) is 41.5 Å². The molecule has 282 valence electrons. The van der Waals surface area contributed by atoms with Crippen LogP contribution in [0.3, 0.4) is 0 Å².